The lowest BCUT2D eigenvalue weighted by Gasteiger charge is -2.38. The molecule has 24 heavy (non-hydrogen) atoms. The molecule has 0 saturated heterocycles. The molecule has 1 saturated carbocycles. The molecule has 1 aromatic carbocycles. The Hall–Kier alpha value is -0.620. The molecule has 0 aliphatic heterocycles. The summed E-state index contributed by atoms with van der Waals surface area (Å²) in [4.78, 5) is 0. The second-order valence-corrected chi connectivity index (χ2v) is 9.41. The van der Waals surface area contributed by atoms with Crippen molar-refractivity contribution in [3.63, 3.8) is 0 Å². The number of aliphatic hydroxyl groups excluding tert-OH is 1. The molecule has 1 aromatic rings. The Morgan fingerprint density at radius 2 is 1.79 bits per heavy atom. The van der Waals surface area contributed by atoms with E-state index < -0.39 is 6.41 Å². The zero-order chi connectivity index (χ0) is 18.1. The number of nitrogens with one attached hydrogen (secondary N) is 1. The monoisotopic (exact) mass is 399 g/mol. The summed E-state index contributed by atoms with van der Waals surface area (Å²) in [5, 5.41) is 12.9. The van der Waals surface area contributed by atoms with Crippen LogP contribution in [0.5, 0.6) is 5.75 Å². The molecule has 1 atom stereocenters. The molecule has 0 amide bonds. The van der Waals surface area contributed by atoms with Crippen LogP contribution in [0.3, 0.4) is 0 Å². The SMILES string of the molecule is CC(C)(C)OC(O)NC1CC(Oc2ccc(C(C)(C)C)cc2Br)C1. The van der Waals surface area contributed by atoms with Crippen LogP contribution in [-0.4, -0.2) is 29.3 Å². The van der Waals surface area contributed by atoms with E-state index in [1.54, 1.807) is 0 Å². The Morgan fingerprint density at radius 1 is 1.17 bits per heavy atom. The summed E-state index contributed by atoms with van der Waals surface area (Å²) in [5.41, 5.74) is 1.03. The van der Waals surface area contributed by atoms with Gasteiger partial charge in [-0.3, -0.25) is 5.32 Å². The molecule has 0 bridgehead atoms. The van der Waals surface area contributed by atoms with Gasteiger partial charge in [0, 0.05) is 6.04 Å². The van der Waals surface area contributed by atoms with Gasteiger partial charge in [0.2, 0.25) is 6.41 Å². The predicted molar refractivity (Wildman–Crippen MR) is 100 cm³/mol. The Kier molecular flexibility index (Phi) is 6.01. The Labute approximate surface area is 154 Å². The molecule has 4 nitrogen and oxygen atoms in total. The number of hydrogen-bond acceptors (Lipinski definition) is 4. The highest BCUT2D eigenvalue weighted by Gasteiger charge is 2.33. The van der Waals surface area contributed by atoms with Gasteiger partial charge in [-0.2, -0.15) is 0 Å². The van der Waals surface area contributed by atoms with Crippen molar-refractivity contribution >= 4 is 15.9 Å². The first-order chi connectivity index (χ1) is 10.9. The molecule has 136 valence electrons. The average molecular weight is 400 g/mol. The van der Waals surface area contributed by atoms with Gasteiger partial charge in [0.05, 0.1) is 10.1 Å². The van der Waals surface area contributed by atoms with Crippen LogP contribution in [0.1, 0.15) is 59.9 Å². The number of benzene rings is 1. The van der Waals surface area contributed by atoms with Gasteiger partial charge < -0.3 is 14.6 Å². The maximum Gasteiger partial charge on any atom is 0.214 e. The fourth-order valence-corrected chi connectivity index (χ4v) is 3.08. The summed E-state index contributed by atoms with van der Waals surface area (Å²) in [6.45, 7) is 12.4. The molecular weight excluding hydrogens is 370 g/mol. The third kappa shape index (κ3) is 5.73. The van der Waals surface area contributed by atoms with Crippen molar-refractivity contribution in [2.75, 3.05) is 0 Å². The van der Waals surface area contributed by atoms with Crippen LogP contribution in [0.2, 0.25) is 0 Å². The number of ether oxygens (including phenoxy) is 2. The van der Waals surface area contributed by atoms with Crippen molar-refractivity contribution in [3.05, 3.63) is 28.2 Å². The topological polar surface area (TPSA) is 50.7 Å². The molecular formula is C19H30BrNO3. The third-order valence-corrected chi connectivity index (χ3v) is 4.65. The third-order valence-electron chi connectivity index (χ3n) is 4.03. The van der Waals surface area contributed by atoms with Gasteiger partial charge in [-0.1, -0.05) is 26.8 Å². The Morgan fingerprint density at radius 3 is 2.29 bits per heavy atom. The van der Waals surface area contributed by atoms with Crippen LogP contribution >= 0.6 is 15.9 Å². The highest BCUT2D eigenvalue weighted by molar-refractivity contribution is 9.10. The summed E-state index contributed by atoms with van der Waals surface area (Å²) >= 11 is 3.61. The van der Waals surface area contributed by atoms with Gasteiger partial charge in [0.15, 0.2) is 0 Å². The van der Waals surface area contributed by atoms with Crippen molar-refractivity contribution in [2.24, 2.45) is 0 Å². The van der Waals surface area contributed by atoms with Crippen LogP contribution in [-0.2, 0) is 10.2 Å². The van der Waals surface area contributed by atoms with Crippen LogP contribution in [0.25, 0.3) is 0 Å². The molecule has 0 radical (unpaired) electrons. The zero-order valence-corrected chi connectivity index (χ0v) is 17.1. The molecule has 0 spiro atoms. The van der Waals surface area contributed by atoms with E-state index in [-0.39, 0.29) is 23.2 Å². The molecule has 5 heteroatoms. The summed E-state index contributed by atoms with van der Waals surface area (Å²) < 4.78 is 12.5. The fourth-order valence-electron chi connectivity index (χ4n) is 2.61. The zero-order valence-electron chi connectivity index (χ0n) is 15.5. The lowest BCUT2D eigenvalue weighted by atomic mass is 9.87. The number of aliphatic hydroxyl groups is 1. The van der Waals surface area contributed by atoms with Gasteiger partial charge in [-0.25, -0.2) is 0 Å². The standard InChI is InChI=1S/C19H30BrNO3/c1-18(2,3)12-7-8-16(15(20)9-12)23-14-10-13(11-14)21-17(22)24-19(4,5)6/h7-9,13-14,17,21-22H,10-11H2,1-6H3. The predicted octanol–water partition coefficient (Wildman–Crippen LogP) is 4.34. The minimum absolute atomic E-state index is 0.121. The van der Waals surface area contributed by atoms with Gasteiger partial charge in [-0.15, -0.1) is 0 Å². The minimum Gasteiger partial charge on any atom is -0.489 e. The van der Waals surface area contributed by atoms with Gasteiger partial charge in [0.25, 0.3) is 0 Å². The first-order valence-electron chi connectivity index (χ1n) is 8.53. The Bertz CT molecular complexity index is 557. The minimum atomic E-state index is -0.936. The summed E-state index contributed by atoms with van der Waals surface area (Å²) in [7, 11) is 0. The largest absolute Gasteiger partial charge is 0.489 e. The van der Waals surface area contributed by atoms with Crippen LogP contribution in [0, 0.1) is 0 Å². The van der Waals surface area contributed by atoms with E-state index in [2.05, 4.69) is 54.2 Å². The molecule has 2 N–H and O–H groups in total. The van der Waals surface area contributed by atoms with Crippen LogP contribution in [0.15, 0.2) is 22.7 Å². The first-order valence-corrected chi connectivity index (χ1v) is 9.32. The number of hydrogen-bond donors (Lipinski definition) is 2. The van der Waals surface area contributed by atoms with Crippen molar-refractivity contribution < 1.29 is 14.6 Å². The maximum absolute atomic E-state index is 9.87. The summed E-state index contributed by atoms with van der Waals surface area (Å²) in [5.74, 6) is 0.873. The summed E-state index contributed by atoms with van der Waals surface area (Å²) in [6, 6.07) is 6.50. The Balaban J connectivity index is 1.81. The van der Waals surface area contributed by atoms with Crippen molar-refractivity contribution in [1.82, 2.24) is 5.32 Å². The highest BCUT2D eigenvalue weighted by Crippen LogP contribution is 2.34. The fraction of sp³-hybridized carbons (Fsp3) is 0.684. The van der Waals surface area contributed by atoms with Crippen molar-refractivity contribution in [3.8, 4) is 5.75 Å². The van der Waals surface area contributed by atoms with E-state index in [1.165, 1.54) is 5.56 Å². The van der Waals surface area contributed by atoms with E-state index in [4.69, 9.17) is 9.47 Å². The second-order valence-electron chi connectivity index (χ2n) is 8.55. The number of rotatable bonds is 5. The van der Waals surface area contributed by atoms with Crippen molar-refractivity contribution in [2.45, 2.75) is 84.0 Å². The first kappa shape index (κ1) is 19.7. The molecule has 0 aromatic heterocycles. The van der Waals surface area contributed by atoms with Crippen LogP contribution in [0.4, 0.5) is 0 Å². The molecule has 1 unspecified atom stereocenters. The average Bonchev–Trinajstić information content (AvgIpc) is 2.34. The highest BCUT2D eigenvalue weighted by atomic mass is 79.9. The quantitative estimate of drug-likeness (QED) is 0.723. The molecule has 1 aliphatic rings. The van der Waals surface area contributed by atoms with E-state index >= 15 is 0 Å². The summed E-state index contributed by atoms with van der Waals surface area (Å²) in [6.07, 6.45) is 0.950. The normalized spacial score (nSPS) is 22.8. The second kappa shape index (κ2) is 7.32. The van der Waals surface area contributed by atoms with Gasteiger partial charge in [0.1, 0.15) is 11.9 Å². The van der Waals surface area contributed by atoms with E-state index in [0.717, 1.165) is 23.1 Å². The lowest BCUT2D eigenvalue weighted by Crippen LogP contribution is -2.52. The van der Waals surface area contributed by atoms with Crippen LogP contribution < -0.4 is 10.1 Å². The number of halogens is 1. The van der Waals surface area contributed by atoms with Gasteiger partial charge in [-0.05, 0) is 72.7 Å². The van der Waals surface area contributed by atoms with E-state index in [9.17, 15) is 5.11 Å². The van der Waals surface area contributed by atoms with Gasteiger partial charge >= 0.3 is 0 Å². The maximum atomic E-state index is 9.87. The molecule has 0 heterocycles. The molecule has 1 aliphatic carbocycles. The smallest absolute Gasteiger partial charge is 0.214 e. The lowest BCUT2D eigenvalue weighted by molar-refractivity contribution is -0.190. The van der Waals surface area contributed by atoms with Crippen molar-refractivity contribution in [1.29, 1.82) is 0 Å². The molecule has 2 rings (SSSR count). The van der Waals surface area contributed by atoms with E-state index in [1.807, 2.05) is 26.8 Å². The molecule has 1 fully saturated rings. The van der Waals surface area contributed by atoms with E-state index in [0.29, 0.717) is 0 Å².